The van der Waals surface area contributed by atoms with Crippen LogP contribution in [0.3, 0.4) is 0 Å². The largest absolute Gasteiger partial charge is 0.378 e. The van der Waals surface area contributed by atoms with E-state index in [0.717, 1.165) is 18.4 Å². The number of hydrogen-bond donors (Lipinski definition) is 1. The van der Waals surface area contributed by atoms with Crippen molar-refractivity contribution in [3.63, 3.8) is 0 Å². The van der Waals surface area contributed by atoms with Crippen LogP contribution in [0.1, 0.15) is 38.7 Å². The van der Waals surface area contributed by atoms with Crippen molar-refractivity contribution in [3.05, 3.63) is 29.8 Å². The quantitative estimate of drug-likeness (QED) is 0.877. The van der Waals surface area contributed by atoms with Crippen molar-refractivity contribution in [3.8, 4) is 0 Å². The van der Waals surface area contributed by atoms with Gasteiger partial charge in [0.15, 0.2) is 0 Å². The summed E-state index contributed by atoms with van der Waals surface area (Å²) in [6, 6.07) is 9.03. The molecule has 18 heavy (non-hydrogen) atoms. The van der Waals surface area contributed by atoms with Crippen LogP contribution in [0, 0.1) is 5.92 Å². The van der Waals surface area contributed by atoms with E-state index in [1.165, 1.54) is 17.7 Å². The summed E-state index contributed by atoms with van der Waals surface area (Å²) in [5.41, 5.74) is 3.02. The maximum atomic E-state index is 3.60. The molecule has 0 amide bonds. The van der Waals surface area contributed by atoms with E-state index in [1.54, 1.807) is 0 Å². The SMILES string of the molecule is CN(C)c1ccc(C2CC2CNC(C)(C)C)cc1. The molecular formula is C16H26N2. The summed E-state index contributed by atoms with van der Waals surface area (Å²) in [5.74, 6) is 1.60. The number of anilines is 1. The number of nitrogens with zero attached hydrogens (tertiary/aromatic N) is 1. The first-order valence-corrected chi connectivity index (χ1v) is 6.89. The fraction of sp³-hybridized carbons (Fsp3) is 0.625. The normalized spacial score (nSPS) is 22.9. The standard InChI is InChI=1S/C16H26N2/c1-16(2,3)17-11-13-10-15(13)12-6-8-14(9-7-12)18(4)5/h6-9,13,15,17H,10-11H2,1-5H3. The Morgan fingerprint density at radius 1 is 1.17 bits per heavy atom. The summed E-state index contributed by atoms with van der Waals surface area (Å²) in [4.78, 5) is 2.15. The van der Waals surface area contributed by atoms with E-state index in [0.29, 0.717) is 0 Å². The summed E-state index contributed by atoms with van der Waals surface area (Å²) in [6.07, 6.45) is 1.34. The molecule has 1 aromatic rings. The van der Waals surface area contributed by atoms with Gasteiger partial charge in [0.25, 0.3) is 0 Å². The molecule has 1 fully saturated rings. The van der Waals surface area contributed by atoms with E-state index in [1.807, 2.05) is 0 Å². The van der Waals surface area contributed by atoms with Crippen LogP contribution in [0.15, 0.2) is 24.3 Å². The van der Waals surface area contributed by atoms with Crippen molar-refractivity contribution in [2.24, 2.45) is 5.92 Å². The van der Waals surface area contributed by atoms with Crippen molar-refractivity contribution in [1.29, 1.82) is 0 Å². The molecule has 0 aromatic heterocycles. The van der Waals surface area contributed by atoms with Crippen molar-refractivity contribution < 1.29 is 0 Å². The number of benzene rings is 1. The zero-order valence-corrected chi connectivity index (χ0v) is 12.3. The Kier molecular flexibility index (Phi) is 3.67. The maximum Gasteiger partial charge on any atom is 0.0361 e. The van der Waals surface area contributed by atoms with Gasteiger partial charge in [0.1, 0.15) is 0 Å². The minimum Gasteiger partial charge on any atom is -0.378 e. The molecule has 2 heteroatoms. The minimum absolute atomic E-state index is 0.238. The van der Waals surface area contributed by atoms with Crippen LogP contribution in [-0.2, 0) is 0 Å². The van der Waals surface area contributed by atoms with Crippen molar-refractivity contribution in [1.82, 2.24) is 5.32 Å². The molecule has 0 radical (unpaired) electrons. The maximum absolute atomic E-state index is 3.60. The molecule has 0 saturated heterocycles. The zero-order valence-electron chi connectivity index (χ0n) is 12.3. The number of nitrogens with one attached hydrogen (secondary N) is 1. The molecule has 0 bridgehead atoms. The lowest BCUT2D eigenvalue weighted by atomic mass is 10.1. The van der Waals surface area contributed by atoms with Crippen LogP contribution in [0.2, 0.25) is 0 Å². The average Bonchev–Trinajstić information content (AvgIpc) is 3.05. The van der Waals surface area contributed by atoms with Crippen LogP contribution in [0.25, 0.3) is 0 Å². The molecule has 2 nitrogen and oxygen atoms in total. The van der Waals surface area contributed by atoms with Crippen LogP contribution in [0.4, 0.5) is 5.69 Å². The lowest BCUT2D eigenvalue weighted by Gasteiger charge is -2.20. The smallest absolute Gasteiger partial charge is 0.0361 e. The van der Waals surface area contributed by atoms with Gasteiger partial charge in [0, 0.05) is 25.3 Å². The van der Waals surface area contributed by atoms with E-state index < -0.39 is 0 Å². The summed E-state index contributed by atoms with van der Waals surface area (Å²) in [5, 5.41) is 3.60. The summed E-state index contributed by atoms with van der Waals surface area (Å²) < 4.78 is 0. The summed E-state index contributed by atoms with van der Waals surface area (Å²) in [7, 11) is 4.17. The number of rotatable bonds is 4. The Hall–Kier alpha value is -1.02. The third kappa shape index (κ3) is 3.49. The predicted molar refractivity (Wildman–Crippen MR) is 79.4 cm³/mol. The molecule has 1 N–H and O–H groups in total. The van der Waals surface area contributed by atoms with Gasteiger partial charge in [-0.3, -0.25) is 0 Å². The highest BCUT2D eigenvalue weighted by Gasteiger charge is 2.38. The van der Waals surface area contributed by atoms with Crippen LogP contribution in [0.5, 0.6) is 0 Å². The molecule has 1 aliphatic carbocycles. The Bertz CT molecular complexity index is 387. The third-order valence-electron chi connectivity index (χ3n) is 3.65. The van der Waals surface area contributed by atoms with Gasteiger partial charge in [0.05, 0.1) is 0 Å². The molecule has 0 spiro atoms. The topological polar surface area (TPSA) is 15.3 Å². The predicted octanol–water partition coefficient (Wildman–Crippen LogP) is 3.24. The molecule has 1 aromatic carbocycles. The Labute approximate surface area is 111 Å². The van der Waals surface area contributed by atoms with Gasteiger partial charge in [-0.2, -0.15) is 0 Å². The summed E-state index contributed by atoms with van der Waals surface area (Å²) >= 11 is 0. The molecule has 100 valence electrons. The molecule has 0 heterocycles. The molecule has 2 atom stereocenters. The highest BCUT2D eigenvalue weighted by molar-refractivity contribution is 5.47. The lowest BCUT2D eigenvalue weighted by molar-refractivity contribution is 0.414. The van der Waals surface area contributed by atoms with Crippen molar-refractivity contribution in [2.75, 3.05) is 25.5 Å². The second-order valence-electron chi connectivity index (χ2n) is 6.72. The van der Waals surface area contributed by atoms with Gasteiger partial charge in [-0.05, 0) is 63.3 Å². The second-order valence-corrected chi connectivity index (χ2v) is 6.72. The van der Waals surface area contributed by atoms with Crippen LogP contribution in [-0.4, -0.2) is 26.2 Å². The minimum atomic E-state index is 0.238. The second kappa shape index (κ2) is 4.93. The highest BCUT2D eigenvalue weighted by Crippen LogP contribution is 2.47. The van der Waals surface area contributed by atoms with E-state index in [-0.39, 0.29) is 5.54 Å². The Morgan fingerprint density at radius 3 is 2.28 bits per heavy atom. The summed E-state index contributed by atoms with van der Waals surface area (Å²) in [6.45, 7) is 7.84. The van der Waals surface area contributed by atoms with Crippen LogP contribution < -0.4 is 10.2 Å². The van der Waals surface area contributed by atoms with Crippen molar-refractivity contribution in [2.45, 2.75) is 38.6 Å². The van der Waals surface area contributed by atoms with E-state index >= 15 is 0 Å². The fourth-order valence-electron chi connectivity index (χ4n) is 2.34. The van der Waals surface area contributed by atoms with Gasteiger partial charge in [0.2, 0.25) is 0 Å². The molecule has 1 aliphatic rings. The first-order valence-electron chi connectivity index (χ1n) is 6.89. The molecular weight excluding hydrogens is 220 g/mol. The lowest BCUT2D eigenvalue weighted by Crippen LogP contribution is -2.37. The monoisotopic (exact) mass is 246 g/mol. The van der Waals surface area contributed by atoms with Gasteiger partial charge < -0.3 is 10.2 Å². The zero-order chi connectivity index (χ0) is 13.3. The van der Waals surface area contributed by atoms with E-state index in [4.69, 9.17) is 0 Å². The first kappa shape index (κ1) is 13.4. The highest BCUT2D eigenvalue weighted by atomic mass is 15.1. The first-order chi connectivity index (χ1) is 8.37. The Balaban J connectivity index is 1.87. The van der Waals surface area contributed by atoms with Crippen LogP contribution >= 0.6 is 0 Å². The Morgan fingerprint density at radius 2 is 1.78 bits per heavy atom. The average molecular weight is 246 g/mol. The fourth-order valence-corrected chi connectivity index (χ4v) is 2.34. The van der Waals surface area contributed by atoms with Gasteiger partial charge in [-0.25, -0.2) is 0 Å². The van der Waals surface area contributed by atoms with Gasteiger partial charge in [-0.15, -0.1) is 0 Å². The van der Waals surface area contributed by atoms with E-state index in [9.17, 15) is 0 Å². The van der Waals surface area contributed by atoms with Gasteiger partial charge >= 0.3 is 0 Å². The van der Waals surface area contributed by atoms with Gasteiger partial charge in [-0.1, -0.05) is 12.1 Å². The molecule has 1 saturated carbocycles. The van der Waals surface area contributed by atoms with Crippen molar-refractivity contribution >= 4 is 5.69 Å². The molecule has 0 aliphatic heterocycles. The number of hydrogen-bond acceptors (Lipinski definition) is 2. The van der Waals surface area contributed by atoms with E-state index in [2.05, 4.69) is 69.3 Å². The molecule has 2 rings (SSSR count). The third-order valence-corrected chi connectivity index (χ3v) is 3.65. The molecule has 2 unspecified atom stereocenters.